The Morgan fingerprint density at radius 3 is 2.09 bits per heavy atom. The third-order valence-electron chi connectivity index (χ3n) is 5.83. The molecule has 0 unspecified atom stereocenters. The van der Waals surface area contributed by atoms with Crippen LogP contribution in [0.25, 0.3) is 16.9 Å². The molecule has 0 atom stereocenters. The molecule has 32 heavy (non-hydrogen) atoms. The van der Waals surface area contributed by atoms with Crippen LogP contribution in [0.4, 0.5) is 5.69 Å². The van der Waals surface area contributed by atoms with Crippen molar-refractivity contribution in [1.82, 2.24) is 9.78 Å². The van der Waals surface area contributed by atoms with Crippen molar-refractivity contribution >= 4 is 11.6 Å². The maximum atomic E-state index is 13.3. The molecule has 162 valence electrons. The summed E-state index contributed by atoms with van der Waals surface area (Å²) in [6.07, 6.45) is 0. The van der Waals surface area contributed by atoms with Crippen LogP contribution in [-0.4, -0.2) is 22.8 Å². The summed E-state index contributed by atoms with van der Waals surface area (Å²) in [6.45, 7) is 8.24. The van der Waals surface area contributed by atoms with E-state index >= 15 is 0 Å². The van der Waals surface area contributed by atoms with Gasteiger partial charge in [0.25, 0.3) is 5.91 Å². The van der Waals surface area contributed by atoms with Gasteiger partial charge in [0.1, 0.15) is 11.4 Å². The highest BCUT2D eigenvalue weighted by Gasteiger charge is 2.18. The van der Waals surface area contributed by atoms with Crippen LogP contribution in [0.2, 0.25) is 0 Å². The average molecular weight is 426 g/mol. The fourth-order valence-corrected chi connectivity index (χ4v) is 3.52. The zero-order valence-corrected chi connectivity index (χ0v) is 19.1. The Hall–Kier alpha value is -3.86. The SMILES string of the molecule is COc1ccc(-n2nc(-c3ccc(C)c(C)c3)cc2C(=O)Nc2ccc(C)c(C)c2)cc1. The lowest BCUT2D eigenvalue weighted by atomic mass is 10.0. The Morgan fingerprint density at radius 1 is 0.812 bits per heavy atom. The molecule has 4 aromatic rings. The second kappa shape index (κ2) is 8.71. The molecule has 4 rings (SSSR count). The van der Waals surface area contributed by atoms with Crippen molar-refractivity contribution in [3.05, 3.63) is 94.7 Å². The molecule has 0 aliphatic carbocycles. The zero-order valence-electron chi connectivity index (χ0n) is 19.1. The van der Waals surface area contributed by atoms with E-state index in [1.807, 2.05) is 61.5 Å². The predicted octanol–water partition coefficient (Wildman–Crippen LogP) is 6.03. The Kier molecular flexibility index (Phi) is 5.82. The number of amides is 1. The van der Waals surface area contributed by atoms with E-state index in [1.165, 1.54) is 16.7 Å². The number of nitrogens with one attached hydrogen (secondary N) is 1. The molecular formula is C27H27N3O2. The van der Waals surface area contributed by atoms with E-state index in [1.54, 1.807) is 11.8 Å². The number of rotatable bonds is 5. The molecule has 5 nitrogen and oxygen atoms in total. The fraction of sp³-hybridized carbons (Fsp3) is 0.185. The van der Waals surface area contributed by atoms with Crippen molar-refractivity contribution in [2.45, 2.75) is 27.7 Å². The summed E-state index contributed by atoms with van der Waals surface area (Å²) in [7, 11) is 1.63. The Labute approximate surface area is 188 Å². The zero-order chi connectivity index (χ0) is 22.8. The van der Waals surface area contributed by atoms with Crippen molar-refractivity contribution in [2.75, 3.05) is 12.4 Å². The lowest BCUT2D eigenvalue weighted by Crippen LogP contribution is -2.17. The highest BCUT2D eigenvalue weighted by molar-refractivity contribution is 6.04. The molecule has 3 aromatic carbocycles. The van der Waals surface area contributed by atoms with Crippen molar-refractivity contribution in [3.8, 4) is 22.7 Å². The van der Waals surface area contributed by atoms with Gasteiger partial charge in [0, 0.05) is 11.3 Å². The molecule has 0 fully saturated rings. The second-order valence-corrected chi connectivity index (χ2v) is 8.08. The minimum absolute atomic E-state index is 0.216. The smallest absolute Gasteiger partial charge is 0.274 e. The minimum Gasteiger partial charge on any atom is -0.497 e. The first-order valence-electron chi connectivity index (χ1n) is 10.6. The first-order chi connectivity index (χ1) is 15.4. The van der Waals surface area contributed by atoms with Gasteiger partial charge < -0.3 is 10.1 Å². The number of methoxy groups -OCH3 is 1. The number of anilines is 1. The number of aromatic nitrogens is 2. The molecule has 1 heterocycles. The summed E-state index contributed by atoms with van der Waals surface area (Å²) >= 11 is 0. The second-order valence-electron chi connectivity index (χ2n) is 8.08. The van der Waals surface area contributed by atoms with Crippen molar-refractivity contribution in [3.63, 3.8) is 0 Å². The molecule has 1 amide bonds. The van der Waals surface area contributed by atoms with E-state index in [9.17, 15) is 4.79 Å². The highest BCUT2D eigenvalue weighted by atomic mass is 16.5. The maximum Gasteiger partial charge on any atom is 0.274 e. The number of hydrogen-bond donors (Lipinski definition) is 1. The number of nitrogens with zero attached hydrogens (tertiary/aromatic N) is 2. The predicted molar refractivity (Wildman–Crippen MR) is 129 cm³/mol. The highest BCUT2D eigenvalue weighted by Crippen LogP contribution is 2.26. The number of aryl methyl sites for hydroxylation is 4. The van der Waals surface area contributed by atoms with E-state index in [0.717, 1.165) is 33.9 Å². The van der Waals surface area contributed by atoms with Gasteiger partial charge in [0.15, 0.2) is 0 Å². The molecule has 0 radical (unpaired) electrons. The quantitative estimate of drug-likeness (QED) is 0.424. The lowest BCUT2D eigenvalue weighted by molar-refractivity contribution is 0.101. The molecule has 0 aliphatic heterocycles. The fourth-order valence-electron chi connectivity index (χ4n) is 3.52. The van der Waals surface area contributed by atoms with Crippen LogP contribution < -0.4 is 10.1 Å². The molecule has 1 aromatic heterocycles. The Bertz CT molecular complexity index is 1290. The number of benzene rings is 3. The molecule has 0 aliphatic rings. The number of hydrogen-bond acceptors (Lipinski definition) is 3. The van der Waals surface area contributed by atoms with Gasteiger partial charge in [-0.3, -0.25) is 4.79 Å². The Morgan fingerprint density at radius 2 is 1.47 bits per heavy atom. The topological polar surface area (TPSA) is 56.2 Å². The normalized spacial score (nSPS) is 10.8. The summed E-state index contributed by atoms with van der Waals surface area (Å²) in [5.74, 6) is 0.531. The molecule has 1 N–H and O–H groups in total. The van der Waals surface area contributed by atoms with Crippen LogP contribution in [0.3, 0.4) is 0 Å². The van der Waals surface area contributed by atoms with Gasteiger partial charge in [0.05, 0.1) is 18.5 Å². The van der Waals surface area contributed by atoms with Crippen LogP contribution in [0.15, 0.2) is 66.7 Å². The summed E-state index contributed by atoms with van der Waals surface area (Å²) in [4.78, 5) is 13.3. The lowest BCUT2D eigenvalue weighted by Gasteiger charge is -2.10. The summed E-state index contributed by atoms with van der Waals surface area (Å²) in [6, 6.07) is 21.4. The monoisotopic (exact) mass is 425 g/mol. The van der Waals surface area contributed by atoms with E-state index in [2.05, 4.69) is 38.2 Å². The van der Waals surface area contributed by atoms with Gasteiger partial charge in [-0.1, -0.05) is 18.2 Å². The molecule has 0 saturated carbocycles. The van der Waals surface area contributed by atoms with Crippen LogP contribution in [0.1, 0.15) is 32.7 Å². The number of carbonyl (C=O) groups is 1. The molecule has 0 bridgehead atoms. The van der Waals surface area contributed by atoms with E-state index in [4.69, 9.17) is 9.84 Å². The average Bonchev–Trinajstić information content (AvgIpc) is 3.24. The van der Waals surface area contributed by atoms with Gasteiger partial charge in [-0.15, -0.1) is 0 Å². The van der Waals surface area contributed by atoms with Crippen molar-refractivity contribution in [2.24, 2.45) is 0 Å². The van der Waals surface area contributed by atoms with Crippen LogP contribution in [0, 0.1) is 27.7 Å². The molecule has 5 heteroatoms. The van der Waals surface area contributed by atoms with E-state index in [0.29, 0.717) is 5.69 Å². The van der Waals surface area contributed by atoms with Crippen LogP contribution in [0.5, 0.6) is 5.75 Å². The van der Waals surface area contributed by atoms with Gasteiger partial charge >= 0.3 is 0 Å². The van der Waals surface area contributed by atoms with Crippen LogP contribution in [-0.2, 0) is 0 Å². The third kappa shape index (κ3) is 4.28. The summed E-state index contributed by atoms with van der Waals surface area (Å²) < 4.78 is 6.95. The largest absolute Gasteiger partial charge is 0.497 e. The van der Waals surface area contributed by atoms with E-state index < -0.39 is 0 Å². The standard InChI is InChI=1S/C27H27N3O2/c1-17-6-8-21(14-19(17)3)25-16-26(27(31)28-22-9-7-18(2)20(4)15-22)30(29-25)23-10-12-24(32-5)13-11-23/h6-16H,1-5H3,(H,28,31). The van der Waals surface area contributed by atoms with Gasteiger partial charge in [-0.2, -0.15) is 5.10 Å². The maximum absolute atomic E-state index is 13.3. The van der Waals surface area contributed by atoms with E-state index in [-0.39, 0.29) is 5.91 Å². The number of carbonyl (C=O) groups excluding carboxylic acids is 1. The van der Waals surface area contributed by atoms with Crippen LogP contribution >= 0.6 is 0 Å². The Balaban J connectivity index is 1.77. The van der Waals surface area contributed by atoms with Crippen molar-refractivity contribution in [1.29, 1.82) is 0 Å². The molecular weight excluding hydrogens is 398 g/mol. The minimum atomic E-state index is -0.216. The molecule has 0 saturated heterocycles. The third-order valence-corrected chi connectivity index (χ3v) is 5.83. The summed E-state index contributed by atoms with van der Waals surface area (Å²) in [5, 5.41) is 7.81. The molecule has 0 spiro atoms. The number of ether oxygens (including phenoxy) is 1. The van der Waals surface area contributed by atoms with Crippen molar-refractivity contribution < 1.29 is 9.53 Å². The first kappa shape index (κ1) is 21.4. The first-order valence-corrected chi connectivity index (χ1v) is 10.6. The summed E-state index contributed by atoms with van der Waals surface area (Å²) in [5.41, 5.74) is 8.43. The van der Waals surface area contributed by atoms with Gasteiger partial charge in [-0.25, -0.2) is 4.68 Å². The van der Waals surface area contributed by atoms with Gasteiger partial charge in [-0.05, 0) is 98.5 Å². The van der Waals surface area contributed by atoms with Gasteiger partial charge in [0.2, 0.25) is 0 Å².